The smallest absolute Gasteiger partial charge is 0.259 e. The van der Waals surface area contributed by atoms with Crippen molar-refractivity contribution in [2.45, 2.75) is 6.92 Å². The summed E-state index contributed by atoms with van der Waals surface area (Å²) in [7, 11) is 0. The van der Waals surface area contributed by atoms with E-state index in [1.54, 1.807) is 36.2 Å². The molecule has 0 spiro atoms. The van der Waals surface area contributed by atoms with E-state index >= 15 is 0 Å². The van der Waals surface area contributed by atoms with Crippen LogP contribution in [0.25, 0.3) is 5.69 Å². The number of halogens is 3. The van der Waals surface area contributed by atoms with Crippen molar-refractivity contribution in [2.75, 3.05) is 31.1 Å². The molecule has 0 N–H and O–H groups in total. The summed E-state index contributed by atoms with van der Waals surface area (Å²) in [6.07, 6.45) is 1.61. The van der Waals surface area contributed by atoms with Crippen LogP contribution in [0.5, 0.6) is 0 Å². The molecule has 29 heavy (non-hydrogen) atoms. The predicted octanol–water partition coefficient (Wildman–Crippen LogP) is 3.98. The van der Waals surface area contributed by atoms with Crippen molar-refractivity contribution >= 4 is 34.9 Å². The average Bonchev–Trinajstić information content (AvgIpc) is 3.03. The van der Waals surface area contributed by atoms with Crippen LogP contribution in [0, 0.1) is 12.7 Å². The maximum Gasteiger partial charge on any atom is 0.259 e. The molecule has 9 heteroatoms. The van der Waals surface area contributed by atoms with Crippen molar-refractivity contribution in [3.63, 3.8) is 0 Å². The quantitative estimate of drug-likeness (QED) is 0.626. The van der Waals surface area contributed by atoms with E-state index in [2.05, 4.69) is 15.0 Å². The molecule has 1 saturated heterocycles. The molecule has 0 unspecified atom stereocenters. The number of aromatic nitrogens is 3. The Labute approximate surface area is 177 Å². The number of nitrogens with zero attached hydrogens (tertiary/aromatic N) is 5. The van der Waals surface area contributed by atoms with Crippen molar-refractivity contribution in [3.8, 4) is 5.69 Å². The highest BCUT2D eigenvalue weighted by Gasteiger charge is 2.28. The van der Waals surface area contributed by atoms with Crippen molar-refractivity contribution in [3.05, 3.63) is 69.8 Å². The average molecular weight is 434 g/mol. The molecule has 1 amide bonds. The van der Waals surface area contributed by atoms with Gasteiger partial charge in [0.15, 0.2) is 0 Å². The lowest BCUT2D eigenvalue weighted by atomic mass is 10.2. The van der Waals surface area contributed by atoms with Gasteiger partial charge in [0.2, 0.25) is 0 Å². The van der Waals surface area contributed by atoms with E-state index in [0.717, 1.165) is 5.82 Å². The van der Waals surface area contributed by atoms with Gasteiger partial charge >= 0.3 is 0 Å². The standard InChI is InChI=1S/C20H18Cl2FN5O/c1-13-18(19(22)28(25-13)16-5-3-15(23)4-6-16)20(29)27-10-8-26(9-11-27)17-7-2-14(21)12-24-17/h2-7,12H,8-11H2,1H3. The molecule has 0 saturated carbocycles. The molecule has 1 aliphatic rings. The third kappa shape index (κ3) is 3.93. The summed E-state index contributed by atoms with van der Waals surface area (Å²) in [4.78, 5) is 21.3. The first-order valence-corrected chi connectivity index (χ1v) is 9.86. The lowest BCUT2D eigenvalue weighted by Crippen LogP contribution is -2.49. The van der Waals surface area contributed by atoms with Crippen LogP contribution in [0.3, 0.4) is 0 Å². The normalized spacial score (nSPS) is 14.3. The van der Waals surface area contributed by atoms with Gasteiger partial charge in [0, 0.05) is 32.4 Å². The SMILES string of the molecule is Cc1nn(-c2ccc(F)cc2)c(Cl)c1C(=O)N1CCN(c2ccc(Cl)cn2)CC1. The summed E-state index contributed by atoms with van der Waals surface area (Å²) in [5.41, 5.74) is 1.50. The van der Waals surface area contributed by atoms with Crippen LogP contribution in [0.15, 0.2) is 42.6 Å². The van der Waals surface area contributed by atoms with E-state index < -0.39 is 0 Å². The minimum Gasteiger partial charge on any atom is -0.353 e. The summed E-state index contributed by atoms with van der Waals surface area (Å²) in [6, 6.07) is 9.46. The predicted molar refractivity (Wildman–Crippen MR) is 111 cm³/mol. The minimum atomic E-state index is -0.349. The third-order valence-electron chi connectivity index (χ3n) is 4.89. The van der Waals surface area contributed by atoms with E-state index in [1.807, 2.05) is 6.07 Å². The van der Waals surface area contributed by atoms with Gasteiger partial charge in [-0.2, -0.15) is 5.10 Å². The van der Waals surface area contributed by atoms with Crippen molar-refractivity contribution in [2.24, 2.45) is 0 Å². The highest BCUT2D eigenvalue weighted by atomic mass is 35.5. The van der Waals surface area contributed by atoms with Gasteiger partial charge in [-0.25, -0.2) is 14.1 Å². The van der Waals surface area contributed by atoms with Gasteiger partial charge in [-0.15, -0.1) is 0 Å². The van der Waals surface area contributed by atoms with Gasteiger partial charge in [-0.05, 0) is 43.3 Å². The second-order valence-corrected chi connectivity index (χ2v) is 7.55. The lowest BCUT2D eigenvalue weighted by Gasteiger charge is -2.35. The molecule has 6 nitrogen and oxygen atoms in total. The lowest BCUT2D eigenvalue weighted by molar-refractivity contribution is 0.0746. The van der Waals surface area contributed by atoms with Crippen molar-refractivity contribution in [1.29, 1.82) is 0 Å². The van der Waals surface area contributed by atoms with Gasteiger partial charge in [0.1, 0.15) is 16.8 Å². The summed E-state index contributed by atoms with van der Waals surface area (Å²) in [6.45, 7) is 4.14. The first kappa shape index (κ1) is 19.7. The summed E-state index contributed by atoms with van der Waals surface area (Å²) in [5, 5.41) is 5.19. The van der Waals surface area contributed by atoms with Crippen LogP contribution >= 0.6 is 23.2 Å². The monoisotopic (exact) mass is 433 g/mol. The van der Waals surface area contributed by atoms with E-state index in [-0.39, 0.29) is 16.9 Å². The highest BCUT2D eigenvalue weighted by Crippen LogP contribution is 2.26. The fourth-order valence-electron chi connectivity index (χ4n) is 3.35. The Hall–Kier alpha value is -2.64. The first-order valence-electron chi connectivity index (χ1n) is 9.11. The molecule has 1 aromatic carbocycles. The zero-order chi connectivity index (χ0) is 20.5. The Bertz CT molecular complexity index is 1030. The Morgan fingerprint density at radius 2 is 1.72 bits per heavy atom. The topological polar surface area (TPSA) is 54.3 Å². The molecule has 0 atom stereocenters. The Balaban J connectivity index is 1.50. The number of benzene rings is 1. The molecule has 2 aromatic heterocycles. The van der Waals surface area contributed by atoms with Crippen LogP contribution in [-0.2, 0) is 0 Å². The number of hydrogen-bond donors (Lipinski definition) is 0. The van der Waals surface area contributed by atoms with Gasteiger partial charge in [-0.3, -0.25) is 4.79 Å². The number of hydrogen-bond acceptors (Lipinski definition) is 4. The van der Waals surface area contributed by atoms with Gasteiger partial charge in [0.05, 0.1) is 22.0 Å². The Morgan fingerprint density at radius 1 is 1.03 bits per heavy atom. The highest BCUT2D eigenvalue weighted by molar-refractivity contribution is 6.33. The summed E-state index contributed by atoms with van der Waals surface area (Å²) >= 11 is 12.4. The van der Waals surface area contributed by atoms with Crippen molar-refractivity contribution < 1.29 is 9.18 Å². The minimum absolute atomic E-state index is 0.162. The van der Waals surface area contributed by atoms with E-state index in [0.29, 0.717) is 48.1 Å². The maximum absolute atomic E-state index is 13.2. The van der Waals surface area contributed by atoms with E-state index in [9.17, 15) is 9.18 Å². The number of anilines is 1. The molecule has 1 aliphatic heterocycles. The van der Waals surface area contributed by atoms with Crippen LogP contribution < -0.4 is 4.90 Å². The number of carbonyl (C=O) groups excluding carboxylic acids is 1. The zero-order valence-electron chi connectivity index (χ0n) is 15.6. The van der Waals surface area contributed by atoms with Crippen LogP contribution in [-0.4, -0.2) is 51.8 Å². The van der Waals surface area contributed by atoms with E-state index in [4.69, 9.17) is 23.2 Å². The fraction of sp³-hybridized carbons (Fsp3) is 0.250. The zero-order valence-corrected chi connectivity index (χ0v) is 17.2. The number of pyridine rings is 1. The molecule has 0 bridgehead atoms. The van der Waals surface area contributed by atoms with Gasteiger partial charge in [-0.1, -0.05) is 23.2 Å². The molecule has 150 valence electrons. The maximum atomic E-state index is 13.2. The third-order valence-corrected chi connectivity index (χ3v) is 5.46. The number of piperazine rings is 1. The Morgan fingerprint density at radius 3 is 2.34 bits per heavy atom. The van der Waals surface area contributed by atoms with Crippen LogP contribution in [0.2, 0.25) is 10.2 Å². The molecule has 0 aliphatic carbocycles. The number of carbonyl (C=O) groups is 1. The van der Waals surface area contributed by atoms with Gasteiger partial charge in [0.25, 0.3) is 5.91 Å². The fourth-order valence-corrected chi connectivity index (χ4v) is 3.81. The number of aryl methyl sites for hydroxylation is 1. The van der Waals surface area contributed by atoms with E-state index in [1.165, 1.54) is 16.8 Å². The van der Waals surface area contributed by atoms with Crippen molar-refractivity contribution in [1.82, 2.24) is 19.7 Å². The number of amides is 1. The summed E-state index contributed by atoms with van der Waals surface area (Å²) < 4.78 is 14.6. The molecule has 1 fully saturated rings. The summed E-state index contributed by atoms with van der Waals surface area (Å²) in [5.74, 6) is 0.322. The van der Waals surface area contributed by atoms with Crippen LogP contribution in [0.1, 0.15) is 16.1 Å². The second kappa shape index (κ2) is 8.00. The second-order valence-electron chi connectivity index (χ2n) is 6.75. The van der Waals surface area contributed by atoms with Gasteiger partial charge < -0.3 is 9.80 Å². The Kier molecular flexibility index (Phi) is 5.43. The molecule has 3 aromatic rings. The first-order chi connectivity index (χ1) is 13.9. The molecule has 0 radical (unpaired) electrons. The largest absolute Gasteiger partial charge is 0.353 e. The molecule has 3 heterocycles. The van der Waals surface area contributed by atoms with Crippen LogP contribution in [0.4, 0.5) is 10.2 Å². The molecule has 4 rings (SSSR count). The number of rotatable bonds is 3. The molecular weight excluding hydrogens is 416 g/mol. The molecular formula is C20H18Cl2FN5O.